The normalized spacial score (nSPS) is 22.0. The molecule has 7 nitrogen and oxygen atoms in total. The Morgan fingerprint density at radius 2 is 2.04 bits per heavy atom. The van der Waals surface area contributed by atoms with E-state index in [2.05, 4.69) is 15.6 Å². The van der Waals surface area contributed by atoms with Crippen LogP contribution in [0, 0.1) is 0 Å². The highest BCUT2D eigenvalue weighted by Crippen LogP contribution is 2.29. The van der Waals surface area contributed by atoms with Crippen molar-refractivity contribution in [2.45, 2.75) is 70.4 Å². The van der Waals surface area contributed by atoms with E-state index in [4.69, 9.17) is 9.52 Å². The minimum Gasteiger partial charge on any atom is -0.462 e. The molecule has 24 heavy (non-hydrogen) atoms. The molecule has 0 spiro atoms. The zero-order valence-corrected chi connectivity index (χ0v) is 14.3. The summed E-state index contributed by atoms with van der Waals surface area (Å²) < 4.78 is 7.41. The summed E-state index contributed by atoms with van der Waals surface area (Å²) in [4.78, 5) is 0. The van der Waals surface area contributed by atoms with Crippen LogP contribution < -0.4 is 5.32 Å². The van der Waals surface area contributed by atoms with Gasteiger partial charge in [-0.05, 0) is 38.8 Å². The van der Waals surface area contributed by atoms with Crippen molar-refractivity contribution in [2.24, 2.45) is 0 Å². The Bertz CT molecular complexity index is 659. The van der Waals surface area contributed by atoms with Gasteiger partial charge < -0.3 is 19.9 Å². The van der Waals surface area contributed by atoms with Gasteiger partial charge in [0.25, 0.3) is 0 Å². The highest BCUT2D eigenvalue weighted by Gasteiger charge is 2.29. The summed E-state index contributed by atoms with van der Waals surface area (Å²) >= 11 is 0. The third-order valence-electron chi connectivity index (χ3n) is 4.62. The average Bonchev–Trinajstić information content (AvgIpc) is 3.22. The summed E-state index contributed by atoms with van der Waals surface area (Å²) in [5, 5.41) is 31.1. The number of rotatable bonds is 6. The van der Waals surface area contributed by atoms with Crippen LogP contribution in [-0.4, -0.2) is 31.2 Å². The van der Waals surface area contributed by atoms with Gasteiger partial charge in [-0.15, -0.1) is 5.10 Å². The monoisotopic (exact) mass is 334 g/mol. The van der Waals surface area contributed by atoms with Crippen LogP contribution >= 0.6 is 0 Å². The van der Waals surface area contributed by atoms with Gasteiger partial charge in [-0.25, -0.2) is 4.68 Å². The molecule has 3 N–H and O–H groups in total. The molecule has 2 aromatic rings. The topological polar surface area (TPSA) is 96.3 Å². The first-order valence-electron chi connectivity index (χ1n) is 8.54. The van der Waals surface area contributed by atoms with Crippen LogP contribution in [-0.2, 0) is 18.8 Å². The smallest absolute Gasteiger partial charge is 0.129 e. The predicted molar refractivity (Wildman–Crippen MR) is 88.0 cm³/mol. The number of nitrogens with zero attached hydrogens (tertiary/aromatic N) is 3. The Labute approximate surface area is 141 Å². The van der Waals surface area contributed by atoms with Gasteiger partial charge >= 0.3 is 0 Å². The van der Waals surface area contributed by atoms with Crippen LogP contribution in [0.1, 0.15) is 62.8 Å². The van der Waals surface area contributed by atoms with Gasteiger partial charge in [0.2, 0.25) is 0 Å². The van der Waals surface area contributed by atoms with E-state index in [-0.39, 0.29) is 18.7 Å². The quantitative estimate of drug-likeness (QED) is 0.746. The lowest BCUT2D eigenvalue weighted by molar-refractivity contribution is 0.0736. The molecule has 1 fully saturated rings. The van der Waals surface area contributed by atoms with E-state index in [0.29, 0.717) is 18.0 Å². The molecule has 0 saturated heterocycles. The summed E-state index contributed by atoms with van der Waals surface area (Å²) in [6, 6.07) is 4.17. The van der Waals surface area contributed by atoms with E-state index >= 15 is 0 Å². The fourth-order valence-electron chi connectivity index (χ4n) is 3.22. The van der Waals surface area contributed by atoms with E-state index in [1.165, 1.54) is 6.42 Å². The lowest BCUT2D eigenvalue weighted by Gasteiger charge is -2.32. The highest BCUT2D eigenvalue weighted by molar-refractivity contribution is 5.07. The SMILES string of the molecule is CC(C)(O)c1cn([C@@H]2CCCC[C@@H]2NCc2ccc(CO)o2)nn1. The maximum absolute atomic E-state index is 10.1. The average molecular weight is 334 g/mol. The lowest BCUT2D eigenvalue weighted by Crippen LogP contribution is -2.39. The van der Waals surface area contributed by atoms with Crippen molar-refractivity contribution in [3.63, 3.8) is 0 Å². The van der Waals surface area contributed by atoms with Crippen LogP contribution in [0.25, 0.3) is 0 Å². The van der Waals surface area contributed by atoms with Gasteiger partial charge in [-0.1, -0.05) is 18.1 Å². The maximum Gasteiger partial charge on any atom is 0.129 e. The number of aliphatic hydroxyl groups excluding tert-OH is 1. The van der Waals surface area contributed by atoms with Gasteiger partial charge in [0.15, 0.2) is 0 Å². The van der Waals surface area contributed by atoms with Crippen LogP contribution in [0.5, 0.6) is 0 Å². The van der Waals surface area contributed by atoms with E-state index < -0.39 is 5.60 Å². The highest BCUT2D eigenvalue weighted by atomic mass is 16.4. The van der Waals surface area contributed by atoms with Crippen LogP contribution in [0.4, 0.5) is 0 Å². The van der Waals surface area contributed by atoms with E-state index in [9.17, 15) is 5.11 Å². The molecule has 1 aliphatic carbocycles. The van der Waals surface area contributed by atoms with Crippen molar-refractivity contribution < 1.29 is 14.6 Å². The summed E-state index contributed by atoms with van der Waals surface area (Å²) in [7, 11) is 0. The third kappa shape index (κ3) is 3.85. The standard InChI is InChI=1S/C17H26N4O3/c1-17(2,23)16-10-21(20-19-16)15-6-4-3-5-14(15)18-9-12-7-8-13(11-22)24-12/h7-8,10,14-15,18,22-23H,3-6,9,11H2,1-2H3/t14-,15+/m0/s1. The van der Waals surface area contributed by atoms with Gasteiger partial charge in [-0.3, -0.25) is 0 Å². The predicted octanol–water partition coefficient (Wildman–Crippen LogP) is 1.86. The van der Waals surface area contributed by atoms with Crippen molar-refractivity contribution in [1.29, 1.82) is 0 Å². The first-order valence-corrected chi connectivity index (χ1v) is 8.54. The Balaban J connectivity index is 1.67. The number of aromatic nitrogens is 3. The molecular weight excluding hydrogens is 308 g/mol. The molecule has 0 bridgehead atoms. The molecule has 1 aliphatic rings. The minimum atomic E-state index is -0.981. The molecule has 1 saturated carbocycles. The lowest BCUT2D eigenvalue weighted by atomic mass is 9.90. The fraction of sp³-hybridized carbons (Fsp3) is 0.647. The van der Waals surface area contributed by atoms with Crippen LogP contribution in [0.15, 0.2) is 22.7 Å². The number of nitrogens with one attached hydrogen (secondary N) is 1. The van der Waals surface area contributed by atoms with Crippen LogP contribution in [0.2, 0.25) is 0 Å². The molecule has 0 radical (unpaired) electrons. The largest absolute Gasteiger partial charge is 0.462 e. The molecule has 2 aromatic heterocycles. The third-order valence-corrected chi connectivity index (χ3v) is 4.62. The Morgan fingerprint density at radius 3 is 2.71 bits per heavy atom. The second-order valence-corrected chi connectivity index (χ2v) is 7.01. The summed E-state index contributed by atoms with van der Waals surface area (Å²) in [6.07, 6.45) is 6.29. The molecule has 2 atom stereocenters. The summed E-state index contributed by atoms with van der Waals surface area (Å²) in [5.74, 6) is 1.40. The first kappa shape index (κ1) is 17.1. The molecule has 3 rings (SSSR count). The Kier molecular flexibility index (Phi) is 5.03. The number of furan rings is 1. The fourth-order valence-corrected chi connectivity index (χ4v) is 3.22. The molecule has 0 aliphatic heterocycles. The Morgan fingerprint density at radius 1 is 1.29 bits per heavy atom. The zero-order valence-electron chi connectivity index (χ0n) is 14.3. The van der Waals surface area contributed by atoms with Crippen molar-refractivity contribution in [2.75, 3.05) is 0 Å². The molecule has 0 amide bonds. The van der Waals surface area contributed by atoms with E-state index in [1.54, 1.807) is 19.9 Å². The number of hydrogen-bond acceptors (Lipinski definition) is 6. The zero-order chi connectivity index (χ0) is 17.2. The summed E-state index contributed by atoms with van der Waals surface area (Å²) in [5.41, 5.74) is -0.393. The summed E-state index contributed by atoms with van der Waals surface area (Å²) in [6.45, 7) is 3.97. The van der Waals surface area contributed by atoms with Gasteiger partial charge in [0.1, 0.15) is 29.4 Å². The van der Waals surface area contributed by atoms with Crippen LogP contribution in [0.3, 0.4) is 0 Å². The molecule has 132 valence electrons. The van der Waals surface area contributed by atoms with E-state index in [1.807, 2.05) is 16.9 Å². The Hall–Kier alpha value is -1.70. The van der Waals surface area contributed by atoms with Crippen molar-refractivity contribution in [3.05, 3.63) is 35.5 Å². The first-order chi connectivity index (χ1) is 11.5. The minimum absolute atomic E-state index is 0.0786. The number of hydrogen-bond donors (Lipinski definition) is 3. The van der Waals surface area contributed by atoms with Crippen molar-refractivity contribution in [1.82, 2.24) is 20.3 Å². The molecular formula is C17H26N4O3. The molecule has 7 heteroatoms. The van der Waals surface area contributed by atoms with E-state index in [0.717, 1.165) is 25.0 Å². The van der Waals surface area contributed by atoms with Crippen molar-refractivity contribution >= 4 is 0 Å². The van der Waals surface area contributed by atoms with Gasteiger partial charge in [0.05, 0.1) is 18.8 Å². The second kappa shape index (κ2) is 7.04. The maximum atomic E-state index is 10.1. The molecule has 0 aromatic carbocycles. The molecule has 2 heterocycles. The van der Waals surface area contributed by atoms with Crippen molar-refractivity contribution in [3.8, 4) is 0 Å². The molecule has 0 unspecified atom stereocenters. The second-order valence-electron chi connectivity index (χ2n) is 7.01. The van der Waals surface area contributed by atoms with Gasteiger partial charge in [-0.2, -0.15) is 0 Å². The van der Waals surface area contributed by atoms with Gasteiger partial charge in [0, 0.05) is 6.04 Å². The number of aliphatic hydroxyl groups is 2.